The van der Waals surface area contributed by atoms with Gasteiger partial charge in [0.2, 0.25) is 5.91 Å². The first-order valence-electron chi connectivity index (χ1n) is 6.92. The summed E-state index contributed by atoms with van der Waals surface area (Å²) in [5.41, 5.74) is 0. The third-order valence-corrected chi connectivity index (χ3v) is 3.81. The molecule has 2 aliphatic rings. The first-order chi connectivity index (χ1) is 9.16. The molecule has 2 rings (SSSR count). The standard InChI is InChI=1S/C14H21NO4/c16-13(9-11-3-1-2-4-11)15(10-14(17)18)12-5-7-19-8-6-12/h1,3,11-12H,2,4-10H2,(H,17,18). The van der Waals surface area contributed by atoms with Gasteiger partial charge in [-0.05, 0) is 31.6 Å². The zero-order valence-electron chi connectivity index (χ0n) is 11.1. The third-order valence-electron chi connectivity index (χ3n) is 3.81. The van der Waals surface area contributed by atoms with Crippen molar-refractivity contribution in [3.05, 3.63) is 12.2 Å². The summed E-state index contributed by atoms with van der Waals surface area (Å²) in [6.07, 6.45) is 8.09. The van der Waals surface area contributed by atoms with Crippen molar-refractivity contribution >= 4 is 11.9 Å². The number of carboxylic acids is 1. The zero-order chi connectivity index (χ0) is 13.7. The molecule has 0 aromatic rings. The van der Waals surface area contributed by atoms with Crippen LogP contribution in [0, 0.1) is 5.92 Å². The quantitative estimate of drug-likeness (QED) is 0.765. The molecule has 0 aromatic heterocycles. The van der Waals surface area contributed by atoms with E-state index in [2.05, 4.69) is 12.2 Å². The highest BCUT2D eigenvalue weighted by Crippen LogP contribution is 2.23. The average molecular weight is 267 g/mol. The minimum atomic E-state index is -0.943. The van der Waals surface area contributed by atoms with E-state index in [1.807, 2.05) is 0 Å². The van der Waals surface area contributed by atoms with E-state index >= 15 is 0 Å². The van der Waals surface area contributed by atoms with Crippen molar-refractivity contribution in [1.29, 1.82) is 0 Å². The second kappa shape index (κ2) is 6.70. The molecular weight excluding hydrogens is 246 g/mol. The number of carbonyl (C=O) groups excluding carboxylic acids is 1. The number of carbonyl (C=O) groups is 2. The Morgan fingerprint density at radius 2 is 2.00 bits per heavy atom. The van der Waals surface area contributed by atoms with Crippen LogP contribution in [0.1, 0.15) is 32.1 Å². The number of hydrogen-bond donors (Lipinski definition) is 1. The van der Waals surface area contributed by atoms with Crippen molar-refractivity contribution in [2.75, 3.05) is 19.8 Å². The molecule has 1 fully saturated rings. The number of rotatable bonds is 5. The molecule has 106 valence electrons. The van der Waals surface area contributed by atoms with Crippen LogP contribution in [0.3, 0.4) is 0 Å². The summed E-state index contributed by atoms with van der Waals surface area (Å²) in [6, 6.07) is 0.0164. The average Bonchev–Trinajstić information content (AvgIpc) is 2.89. The molecule has 1 aliphatic heterocycles. The van der Waals surface area contributed by atoms with E-state index in [1.165, 1.54) is 4.90 Å². The predicted octanol–water partition coefficient (Wildman–Crippen LogP) is 1.43. The van der Waals surface area contributed by atoms with Crippen LogP contribution in [0.15, 0.2) is 12.2 Å². The van der Waals surface area contributed by atoms with E-state index in [9.17, 15) is 9.59 Å². The molecule has 0 aromatic carbocycles. The Balaban J connectivity index is 1.96. The van der Waals surface area contributed by atoms with Gasteiger partial charge in [0.15, 0.2) is 0 Å². The molecule has 19 heavy (non-hydrogen) atoms. The van der Waals surface area contributed by atoms with Crippen LogP contribution < -0.4 is 0 Å². The van der Waals surface area contributed by atoms with Gasteiger partial charge in [0.1, 0.15) is 6.54 Å². The van der Waals surface area contributed by atoms with Gasteiger partial charge in [0.05, 0.1) is 0 Å². The second-order valence-electron chi connectivity index (χ2n) is 5.23. The molecule has 5 heteroatoms. The fourth-order valence-corrected chi connectivity index (χ4v) is 2.77. The van der Waals surface area contributed by atoms with Crippen LogP contribution >= 0.6 is 0 Å². The van der Waals surface area contributed by atoms with Crippen molar-refractivity contribution in [2.45, 2.75) is 38.1 Å². The monoisotopic (exact) mass is 267 g/mol. The first kappa shape index (κ1) is 14.1. The number of carboxylic acid groups (broad SMARTS) is 1. The molecule has 1 atom stereocenters. The van der Waals surface area contributed by atoms with Crippen molar-refractivity contribution in [2.24, 2.45) is 5.92 Å². The third kappa shape index (κ3) is 4.06. The lowest BCUT2D eigenvalue weighted by Gasteiger charge is -2.33. The molecule has 0 radical (unpaired) electrons. The van der Waals surface area contributed by atoms with Gasteiger partial charge in [0.25, 0.3) is 0 Å². The largest absolute Gasteiger partial charge is 0.480 e. The molecular formula is C14H21NO4. The molecule has 1 saturated heterocycles. The highest BCUT2D eigenvalue weighted by Gasteiger charge is 2.28. The summed E-state index contributed by atoms with van der Waals surface area (Å²) >= 11 is 0. The van der Waals surface area contributed by atoms with Gasteiger partial charge in [-0.1, -0.05) is 12.2 Å². The molecule has 1 amide bonds. The van der Waals surface area contributed by atoms with E-state index in [0.29, 0.717) is 19.6 Å². The highest BCUT2D eigenvalue weighted by molar-refractivity contribution is 5.82. The minimum Gasteiger partial charge on any atom is -0.480 e. The molecule has 5 nitrogen and oxygen atoms in total. The van der Waals surface area contributed by atoms with Crippen LogP contribution in [0.25, 0.3) is 0 Å². The number of allylic oxidation sites excluding steroid dienone is 2. The van der Waals surface area contributed by atoms with Gasteiger partial charge in [-0.25, -0.2) is 0 Å². The predicted molar refractivity (Wildman–Crippen MR) is 69.7 cm³/mol. The molecule has 1 aliphatic carbocycles. The zero-order valence-corrected chi connectivity index (χ0v) is 11.1. The van der Waals surface area contributed by atoms with E-state index in [4.69, 9.17) is 9.84 Å². The SMILES string of the molecule is O=C(O)CN(C(=O)CC1C=CCC1)C1CCOCC1. The van der Waals surface area contributed by atoms with Gasteiger partial charge in [-0.2, -0.15) is 0 Å². The minimum absolute atomic E-state index is 0.0164. The lowest BCUT2D eigenvalue weighted by Crippen LogP contribution is -2.46. The summed E-state index contributed by atoms with van der Waals surface area (Å²) < 4.78 is 5.27. The van der Waals surface area contributed by atoms with E-state index in [1.54, 1.807) is 0 Å². The van der Waals surface area contributed by atoms with E-state index in [-0.39, 0.29) is 24.4 Å². The fraction of sp³-hybridized carbons (Fsp3) is 0.714. The molecule has 0 spiro atoms. The molecule has 0 saturated carbocycles. The Morgan fingerprint density at radius 1 is 1.26 bits per heavy atom. The number of hydrogen-bond acceptors (Lipinski definition) is 3. The van der Waals surface area contributed by atoms with Gasteiger partial charge in [-0.3, -0.25) is 9.59 Å². The summed E-state index contributed by atoms with van der Waals surface area (Å²) in [5.74, 6) is -0.698. The van der Waals surface area contributed by atoms with Crippen LogP contribution in [0.5, 0.6) is 0 Å². The smallest absolute Gasteiger partial charge is 0.323 e. The van der Waals surface area contributed by atoms with Crippen molar-refractivity contribution < 1.29 is 19.4 Å². The van der Waals surface area contributed by atoms with Crippen molar-refractivity contribution in [3.63, 3.8) is 0 Å². The lowest BCUT2D eigenvalue weighted by molar-refractivity contribution is -0.148. The van der Waals surface area contributed by atoms with Crippen LogP contribution in [-0.2, 0) is 14.3 Å². The number of nitrogens with zero attached hydrogens (tertiary/aromatic N) is 1. The molecule has 0 bridgehead atoms. The second-order valence-corrected chi connectivity index (χ2v) is 5.23. The van der Waals surface area contributed by atoms with Gasteiger partial charge >= 0.3 is 5.97 Å². The number of aliphatic carboxylic acids is 1. The fourth-order valence-electron chi connectivity index (χ4n) is 2.77. The number of ether oxygens (including phenoxy) is 1. The number of amides is 1. The highest BCUT2D eigenvalue weighted by atomic mass is 16.5. The van der Waals surface area contributed by atoms with E-state index < -0.39 is 5.97 Å². The summed E-state index contributed by atoms with van der Waals surface area (Å²) in [7, 11) is 0. The summed E-state index contributed by atoms with van der Waals surface area (Å²) in [5, 5.41) is 8.99. The Bertz CT molecular complexity index is 360. The van der Waals surface area contributed by atoms with Gasteiger partial charge in [-0.15, -0.1) is 0 Å². The summed E-state index contributed by atoms with van der Waals surface area (Å²) in [6.45, 7) is 1.02. The lowest BCUT2D eigenvalue weighted by atomic mass is 10.0. The van der Waals surface area contributed by atoms with Crippen LogP contribution in [-0.4, -0.2) is 47.7 Å². The molecule has 1 N–H and O–H groups in total. The normalized spacial score (nSPS) is 23.5. The Labute approximate surface area is 113 Å². The maximum atomic E-state index is 12.3. The topological polar surface area (TPSA) is 66.8 Å². The molecule has 1 heterocycles. The first-order valence-corrected chi connectivity index (χ1v) is 6.92. The van der Waals surface area contributed by atoms with Crippen LogP contribution in [0.4, 0.5) is 0 Å². The maximum Gasteiger partial charge on any atom is 0.323 e. The maximum absolute atomic E-state index is 12.3. The van der Waals surface area contributed by atoms with Crippen molar-refractivity contribution in [1.82, 2.24) is 4.90 Å². The van der Waals surface area contributed by atoms with Crippen molar-refractivity contribution in [3.8, 4) is 0 Å². The molecule has 1 unspecified atom stereocenters. The van der Waals surface area contributed by atoms with Crippen LogP contribution in [0.2, 0.25) is 0 Å². The summed E-state index contributed by atoms with van der Waals surface area (Å²) in [4.78, 5) is 24.8. The van der Waals surface area contributed by atoms with Gasteiger partial charge in [0, 0.05) is 25.7 Å². The van der Waals surface area contributed by atoms with E-state index in [0.717, 1.165) is 25.7 Å². The Morgan fingerprint density at radius 3 is 2.58 bits per heavy atom. The Kier molecular flexibility index (Phi) is 4.96. The Hall–Kier alpha value is -1.36. The van der Waals surface area contributed by atoms with Gasteiger partial charge < -0.3 is 14.7 Å².